The van der Waals surface area contributed by atoms with Crippen LogP contribution in [0.1, 0.15) is 28.0 Å². The topological polar surface area (TPSA) is 62.3 Å². The highest BCUT2D eigenvalue weighted by atomic mass is 35.5. The third-order valence-electron chi connectivity index (χ3n) is 3.13. The molecule has 5 nitrogen and oxygen atoms in total. The molecule has 23 heavy (non-hydrogen) atoms. The van der Waals surface area contributed by atoms with E-state index >= 15 is 0 Å². The van der Waals surface area contributed by atoms with Crippen LogP contribution in [0.25, 0.3) is 0 Å². The molecule has 122 valence electrons. The fourth-order valence-electron chi connectivity index (χ4n) is 1.97. The number of hydrogen-bond donors (Lipinski definition) is 1. The lowest BCUT2D eigenvalue weighted by molar-refractivity contribution is -0.115. The Kier molecular flexibility index (Phi) is 5.74. The molecule has 1 aromatic carbocycles. The summed E-state index contributed by atoms with van der Waals surface area (Å²) in [4.78, 5) is 29.8. The number of nitrogens with one attached hydrogen (secondary N) is 1. The standard InChI is InChI=1S/C16H18ClN3O2S/c1-4-15-19-11(9-23-15)8-14(21)18-10-5-6-12(13(17)7-10)16(22)20(2)3/h5-7,9H,4,8H2,1-3H3,(H,18,21). The number of aryl methyl sites for hydroxylation is 1. The average molecular weight is 352 g/mol. The predicted octanol–water partition coefficient (Wildman–Crippen LogP) is 3.24. The Hall–Kier alpha value is -1.92. The van der Waals surface area contributed by atoms with E-state index in [1.165, 1.54) is 4.90 Å². The fourth-order valence-corrected chi connectivity index (χ4v) is 2.98. The summed E-state index contributed by atoms with van der Waals surface area (Å²) in [5.74, 6) is -0.344. The lowest BCUT2D eigenvalue weighted by Gasteiger charge is -2.12. The van der Waals surface area contributed by atoms with Gasteiger partial charge in [0.15, 0.2) is 0 Å². The highest BCUT2D eigenvalue weighted by molar-refractivity contribution is 7.09. The number of aromatic nitrogens is 1. The van der Waals surface area contributed by atoms with E-state index in [2.05, 4.69) is 10.3 Å². The molecular weight excluding hydrogens is 334 g/mol. The minimum Gasteiger partial charge on any atom is -0.345 e. The van der Waals surface area contributed by atoms with Crippen LogP contribution in [0.5, 0.6) is 0 Å². The highest BCUT2D eigenvalue weighted by Gasteiger charge is 2.14. The van der Waals surface area contributed by atoms with Crippen LogP contribution in [0.15, 0.2) is 23.6 Å². The first kappa shape index (κ1) is 17.4. The Morgan fingerprint density at radius 2 is 2.09 bits per heavy atom. The van der Waals surface area contributed by atoms with E-state index in [0.717, 1.165) is 17.1 Å². The summed E-state index contributed by atoms with van der Waals surface area (Å²) in [5.41, 5.74) is 1.72. The zero-order valence-electron chi connectivity index (χ0n) is 13.2. The van der Waals surface area contributed by atoms with Gasteiger partial charge in [0.05, 0.1) is 27.7 Å². The van der Waals surface area contributed by atoms with Gasteiger partial charge in [0.25, 0.3) is 5.91 Å². The molecule has 7 heteroatoms. The Labute approximate surface area is 144 Å². The number of amides is 2. The van der Waals surface area contributed by atoms with Crippen LogP contribution in [0, 0.1) is 0 Å². The van der Waals surface area contributed by atoms with E-state index in [1.807, 2.05) is 12.3 Å². The van der Waals surface area contributed by atoms with Crippen LogP contribution >= 0.6 is 22.9 Å². The summed E-state index contributed by atoms with van der Waals surface area (Å²) in [7, 11) is 3.32. The number of anilines is 1. The van der Waals surface area contributed by atoms with Crippen LogP contribution < -0.4 is 5.32 Å². The van der Waals surface area contributed by atoms with Crippen LogP contribution in [0.3, 0.4) is 0 Å². The minimum absolute atomic E-state index is 0.166. The molecule has 2 rings (SSSR count). The number of thiazole rings is 1. The quantitative estimate of drug-likeness (QED) is 0.899. The van der Waals surface area contributed by atoms with Gasteiger partial charge in [-0.3, -0.25) is 9.59 Å². The van der Waals surface area contributed by atoms with Gasteiger partial charge < -0.3 is 10.2 Å². The molecule has 0 radical (unpaired) electrons. The molecule has 1 heterocycles. The van der Waals surface area contributed by atoms with Crippen LogP contribution in [-0.4, -0.2) is 35.8 Å². The van der Waals surface area contributed by atoms with Gasteiger partial charge in [-0.15, -0.1) is 11.3 Å². The summed E-state index contributed by atoms with van der Waals surface area (Å²) in [6, 6.07) is 4.85. The molecule has 1 N–H and O–H groups in total. The molecule has 2 amide bonds. The zero-order valence-corrected chi connectivity index (χ0v) is 14.8. The van der Waals surface area contributed by atoms with Crippen LogP contribution in [0.2, 0.25) is 5.02 Å². The van der Waals surface area contributed by atoms with Gasteiger partial charge >= 0.3 is 0 Å². The number of halogens is 1. The molecule has 0 spiro atoms. The van der Waals surface area contributed by atoms with Crippen molar-refractivity contribution in [3.8, 4) is 0 Å². The molecule has 0 atom stereocenters. The molecule has 0 saturated carbocycles. The second kappa shape index (κ2) is 7.57. The number of hydrogen-bond acceptors (Lipinski definition) is 4. The largest absolute Gasteiger partial charge is 0.345 e. The van der Waals surface area contributed by atoms with E-state index in [0.29, 0.717) is 16.3 Å². The van der Waals surface area contributed by atoms with Gasteiger partial charge in [0, 0.05) is 25.2 Å². The molecule has 0 saturated heterocycles. The smallest absolute Gasteiger partial charge is 0.254 e. The van der Waals surface area contributed by atoms with Gasteiger partial charge in [0.1, 0.15) is 0 Å². The lowest BCUT2D eigenvalue weighted by atomic mass is 10.2. The molecule has 0 fully saturated rings. The van der Waals surface area contributed by atoms with Crippen molar-refractivity contribution >= 4 is 40.4 Å². The van der Waals surface area contributed by atoms with Gasteiger partial charge in [-0.25, -0.2) is 4.98 Å². The number of carbonyl (C=O) groups excluding carboxylic acids is 2. The highest BCUT2D eigenvalue weighted by Crippen LogP contribution is 2.22. The molecule has 0 aliphatic carbocycles. The molecule has 1 aromatic heterocycles. The summed E-state index contributed by atoms with van der Waals surface area (Å²) < 4.78 is 0. The fraction of sp³-hybridized carbons (Fsp3) is 0.312. The average Bonchev–Trinajstić information content (AvgIpc) is 2.94. The van der Waals surface area contributed by atoms with Crippen molar-refractivity contribution in [3.63, 3.8) is 0 Å². The van der Waals surface area contributed by atoms with Gasteiger partial charge in [-0.2, -0.15) is 0 Å². The van der Waals surface area contributed by atoms with Crippen molar-refractivity contribution in [2.24, 2.45) is 0 Å². The predicted molar refractivity (Wildman–Crippen MR) is 93.3 cm³/mol. The van der Waals surface area contributed by atoms with Crippen molar-refractivity contribution in [1.82, 2.24) is 9.88 Å². The SMILES string of the molecule is CCc1nc(CC(=O)Nc2ccc(C(=O)N(C)C)c(Cl)c2)cs1. The minimum atomic E-state index is -0.178. The monoisotopic (exact) mass is 351 g/mol. The Morgan fingerprint density at radius 3 is 2.65 bits per heavy atom. The van der Waals surface area contributed by atoms with E-state index in [1.54, 1.807) is 43.6 Å². The first-order valence-corrected chi connectivity index (χ1v) is 8.40. The van der Waals surface area contributed by atoms with Crippen molar-refractivity contribution in [1.29, 1.82) is 0 Å². The summed E-state index contributed by atoms with van der Waals surface area (Å²) in [6.07, 6.45) is 1.08. The van der Waals surface area contributed by atoms with E-state index in [4.69, 9.17) is 11.6 Å². The summed E-state index contributed by atoms with van der Waals surface area (Å²) in [6.45, 7) is 2.03. The van der Waals surface area contributed by atoms with Gasteiger partial charge in [0.2, 0.25) is 5.91 Å². The third kappa shape index (κ3) is 4.53. The van der Waals surface area contributed by atoms with Crippen LogP contribution in [0.4, 0.5) is 5.69 Å². The maximum Gasteiger partial charge on any atom is 0.254 e. The second-order valence-corrected chi connectivity index (χ2v) is 6.56. The molecular formula is C16H18ClN3O2S. The van der Waals surface area contributed by atoms with E-state index in [9.17, 15) is 9.59 Å². The van der Waals surface area contributed by atoms with Crippen molar-refractivity contribution in [3.05, 3.63) is 44.9 Å². The molecule has 2 aromatic rings. The number of rotatable bonds is 5. The van der Waals surface area contributed by atoms with Crippen molar-refractivity contribution in [2.45, 2.75) is 19.8 Å². The van der Waals surface area contributed by atoms with Gasteiger partial charge in [-0.05, 0) is 24.6 Å². The number of nitrogens with zero attached hydrogens (tertiary/aromatic N) is 2. The molecule has 0 aliphatic heterocycles. The first-order valence-electron chi connectivity index (χ1n) is 7.15. The number of benzene rings is 1. The van der Waals surface area contributed by atoms with Crippen molar-refractivity contribution in [2.75, 3.05) is 19.4 Å². The molecule has 0 aliphatic rings. The maximum atomic E-state index is 12.1. The molecule has 0 unspecified atom stereocenters. The normalized spacial score (nSPS) is 10.4. The van der Waals surface area contributed by atoms with Crippen LogP contribution in [-0.2, 0) is 17.6 Å². The summed E-state index contributed by atoms with van der Waals surface area (Å²) in [5, 5.41) is 5.99. The third-order valence-corrected chi connectivity index (χ3v) is 4.49. The Morgan fingerprint density at radius 1 is 1.35 bits per heavy atom. The number of carbonyl (C=O) groups is 2. The maximum absolute atomic E-state index is 12.1. The zero-order chi connectivity index (χ0) is 17.0. The Balaban J connectivity index is 2.03. The van der Waals surface area contributed by atoms with E-state index in [-0.39, 0.29) is 18.2 Å². The summed E-state index contributed by atoms with van der Waals surface area (Å²) >= 11 is 7.68. The molecule has 0 bridgehead atoms. The van der Waals surface area contributed by atoms with Crippen molar-refractivity contribution < 1.29 is 9.59 Å². The lowest BCUT2D eigenvalue weighted by Crippen LogP contribution is -2.22. The Bertz CT molecular complexity index is 728. The van der Waals surface area contributed by atoms with Gasteiger partial charge in [-0.1, -0.05) is 18.5 Å². The van der Waals surface area contributed by atoms with E-state index < -0.39 is 0 Å². The second-order valence-electron chi connectivity index (χ2n) is 5.21. The first-order chi connectivity index (χ1) is 10.9.